The number of piperazine rings is 1. The summed E-state index contributed by atoms with van der Waals surface area (Å²) in [5.41, 5.74) is 1.74. The molecule has 2 heterocycles. The Balaban J connectivity index is 0.00000280. The highest BCUT2D eigenvalue weighted by Gasteiger charge is 2.22. The second-order valence-corrected chi connectivity index (χ2v) is 7.30. The Labute approximate surface area is 175 Å². The van der Waals surface area contributed by atoms with E-state index in [4.69, 9.17) is 4.74 Å². The van der Waals surface area contributed by atoms with Gasteiger partial charge in [0.15, 0.2) is 0 Å². The van der Waals surface area contributed by atoms with E-state index in [1.807, 2.05) is 46.0 Å². The Morgan fingerprint density at radius 2 is 1.82 bits per heavy atom. The summed E-state index contributed by atoms with van der Waals surface area (Å²) in [4.78, 5) is 28.6. The topological polar surface area (TPSA) is 61.9 Å². The number of thiophene rings is 1. The molecular weight excluding hydrogens is 398 g/mol. The normalized spacial score (nSPS) is 14.2. The van der Waals surface area contributed by atoms with Crippen LogP contribution in [0.4, 0.5) is 0 Å². The summed E-state index contributed by atoms with van der Waals surface area (Å²) >= 11 is 1.54. The Bertz CT molecular complexity index is 745. The van der Waals surface area contributed by atoms with Gasteiger partial charge in [0.1, 0.15) is 5.75 Å². The third kappa shape index (κ3) is 6.22. The van der Waals surface area contributed by atoms with Crippen molar-refractivity contribution in [3.05, 3.63) is 52.2 Å². The molecule has 1 saturated heterocycles. The predicted octanol–water partition coefficient (Wildman–Crippen LogP) is 2.30. The Morgan fingerprint density at radius 3 is 2.43 bits per heavy atom. The van der Waals surface area contributed by atoms with Gasteiger partial charge in [-0.3, -0.25) is 14.5 Å². The van der Waals surface area contributed by atoms with E-state index in [-0.39, 0.29) is 24.2 Å². The molecule has 1 aromatic carbocycles. The zero-order valence-corrected chi connectivity index (χ0v) is 17.6. The van der Waals surface area contributed by atoms with Crippen molar-refractivity contribution in [1.29, 1.82) is 0 Å². The van der Waals surface area contributed by atoms with Crippen LogP contribution in [0.3, 0.4) is 0 Å². The van der Waals surface area contributed by atoms with E-state index in [1.165, 1.54) is 0 Å². The van der Waals surface area contributed by atoms with Gasteiger partial charge in [0, 0.05) is 44.6 Å². The lowest BCUT2D eigenvalue weighted by molar-refractivity contribution is -0.120. The SMILES string of the molecule is COc1ccc(CC(=O)NCCN2CCN(C(=O)c3ccsc3)CC2)cc1.Cl. The molecule has 1 aliphatic rings. The lowest BCUT2D eigenvalue weighted by atomic mass is 10.1. The fourth-order valence-electron chi connectivity index (χ4n) is 3.09. The van der Waals surface area contributed by atoms with Crippen LogP contribution in [0, 0.1) is 0 Å². The monoisotopic (exact) mass is 423 g/mol. The third-order valence-corrected chi connectivity index (χ3v) is 5.38. The van der Waals surface area contributed by atoms with Gasteiger partial charge in [-0.05, 0) is 29.1 Å². The molecule has 0 atom stereocenters. The minimum Gasteiger partial charge on any atom is -0.497 e. The highest BCUT2D eigenvalue weighted by atomic mass is 35.5. The largest absolute Gasteiger partial charge is 0.497 e. The summed E-state index contributed by atoms with van der Waals surface area (Å²) in [6.07, 6.45) is 0.368. The standard InChI is InChI=1S/C20H25N3O3S.ClH/c1-26-18-4-2-16(3-5-18)14-19(24)21-7-8-22-9-11-23(12-10-22)20(25)17-6-13-27-15-17;/h2-6,13,15H,7-12,14H2,1H3,(H,21,24);1H. The molecule has 152 valence electrons. The van der Waals surface area contributed by atoms with Crippen LogP contribution in [0.5, 0.6) is 5.75 Å². The molecule has 0 aliphatic carbocycles. The molecule has 28 heavy (non-hydrogen) atoms. The number of carbonyl (C=O) groups excluding carboxylic acids is 2. The van der Waals surface area contributed by atoms with Crippen LogP contribution in [0.25, 0.3) is 0 Å². The summed E-state index contributed by atoms with van der Waals surface area (Å²) in [5.74, 6) is 0.922. The van der Waals surface area contributed by atoms with Crippen molar-refractivity contribution in [3.8, 4) is 5.75 Å². The highest BCUT2D eigenvalue weighted by Crippen LogP contribution is 2.12. The number of amides is 2. The number of rotatable bonds is 7. The highest BCUT2D eigenvalue weighted by molar-refractivity contribution is 7.08. The van der Waals surface area contributed by atoms with Crippen LogP contribution in [0.2, 0.25) is 0 Å². The van der Waals surface area contributed by atoms with Gasteiger partial charge in [-0.1, -0.05) is 12.1 Å². The van der Waals surface area contributed by atoms with Gasteiger partial charge in [-0.15, -0.1) is 12.4 Å². The van der Waals surface area contributed by atoms with Crippen molar-refractivity contribution in [1.82, 2.24) is 15.1 Å². The molecule has 1 aromatic heterocycles. The van der Waals surface area contributed by atoms with E-state index in [0.717, 1.165) is 49.6 Å². The maximum absolute atomic E-state index is 12.3. The molecule has 8 heteroatoms. The first-order chi connectivity index (χ1) is 13.2. The number of hydrogen-bond donors (Lipinski definition) is 1. The number of nitrogens with zero attached hydrogens (tertiary/aromatic N) is 2. The van der Waals surface area contributed by atoms with E-state index in [0.29, 0.717) is 13.0 Å². The second kappa shape index (κ2) is 11.0. The number of carbonyl (C=O) groups is 2. The van der Waals surface area contributed by atoms with E-state index in [9.17, 15) is 9.59 Å². The Morgan fingerprint density at radius 1 is 1.11 bits per heavy atom. The molecule has 3 rings (SSSR count). The van der Waals surface area contributed by atoms with Crippen LogP contribution < -0.4 is 10.1 Å². The number of ether oxygens (including phenoxy) is 1. The zero-order chi connectivity index (χ0) is 19.1. The average Bonchev–Trinajstić information content (AvgIpc) is 3.23. The molecule has 0 bridgehead atoms. The molecule has 1 N–H and O–H groups in total. The minimum atomic E-state index is 0. The molecule has 1 fully saturated rings. The van der Waals surface area contributed by atoms with Crippen LogP contribution in [0.1, 0.15) is 15.9 Å². The lowest BCUT2D eigenvalue weighted by Gasteiger charge is -2.34. The molecule has 0 radical (unpaired) electrons. The summed E-state index contributed by atoms with van der Waals surface area (Å²) in [6, 6.07) is 9.40. The first kappa shape index (κ1) is 22.2. The molecule has 2 amide bonds. The lowest BCUT2D eigenvalue weighted by Crippen LogP contribution is -2.50. The number of methoxy groups -OCH3 is 1. The van der Waals surface area contributed by atoms with Crippen molar-refractivity contribution in [2.24, 2.45) is 0 Å². The van der Waals surface area contributed by atoms with Gasteiger partial charge in [-0.25, -0.2) is 0 Å². The first-order valence-corrected chi connectivity index (χ1v) is 10.0. The van der Waals surface area contributed by atoms with E-state index in [2.05, 4.69) is 10.2 Å². The second-order valence-electron chi connectivity index (χ2n) is 6.52. The summed E-state index contributed by atoms with van der Waals surface area (Å²) in [6.45, 7) is 4.56. The Kier molecular flexibility index (Phi) is 8.76. The summed E-state index contributed by atoms with van der Waals surface area (Å²) < 4.78 is 5.12. The van der Waals surface area contributed by atoms with E-state index >= 15 is 0 Å². The number of halogens is 1. The van der Waals surface area contributed by atoms with Gasteiger partial charge in [0.05, 0.1) is 19.1 Å². The van der Waals surface area contributed by atoms with E-state index in [1.54, 1.807) is 18.4 Å². The fraction of sp³-hybridized carbons (Fsp3) is 0.400. The average molecular weight is 424 g/mol. The Hall–Kier alpha value is -2.09. The van der Waals surface area contributed by atoms with Gasteiger partial charge < -0.3 is 15.0 Å². The first-order valence-electron chi connectivity index (χ1n) is 9.09. The van der Waals surface area contributed by atoms with Gasteiger partial charge in [0.25, 0.3) is 5.91 Å². The number of hydrogen-bond acceptors (Lipinski definition) is 5. The molecular formula is C20H26ClN3O3S. The van der Waals surface area contributed by atoms with Crippen LogP contribution in [-0.4, -0.2) is 68.0 Å². The number of benzene rings is 1. The predicted molar refractivity (Wildman–Crippen MR) is 114 cm³/mol. The summed E-state index contributed by atoms with van der Waals surface area (Å²) in [5, 5.41) is 6.80. The van der Waals surface area contributed by atoms with Crippen molar-refractivity contribution < 1.29 is 14.3 Å². The van der Waals surface area contributed by atoms with Crippen LogP contribution in [0.15, 0.2) is 41.1 Å². The van der Waals surface area contributed by atoms with Gasteiger partial charge in [-0.2, -0.15) is 11.3 Å². The molecule has 0 saturated carbocycles. The van der Waals surface area contributed by atoms with Gasteiger partial charge in [0.2, 0.25) is 5.91 Å². The van der Waals surface area contributed by atoms with Gasteiger partial charge >= 0.3 is 0 Å². The number of nitrogens with one attached hydrogen (secondary N) is 1. The van der Waals surface area contributed by atoms with Crippen LogP contribution >= 0.6 is 23.7 Å². The maximum atomic E-state index is 12.3. The molecule has 2 aromatic rings. The molecule has 6 nitrogen and oxygen atoms in total. The van der Waals surface area contributed by atoms with Crippen molar-refractivity contribution in [3.63, 3.8) is 0 Å². The van der Waals surface area contributed by atoms with E-state index < -0.39 is 0 Å². The quantitative estimate of drug-likeness (QED) is 0.742. The molecule has 0 unspecified atom stereocenters. The third-order valence-electron chi connectivity index (χ3n) is 4.70. The smallest absolute Gasteiger partial charge is 0.254 e. The van der Waals surface area contributed by atoms with Crippen molar-refractivity contribution in [2.75, 3.05) is 46.4 Å². The molecule has 0 spiro atoms. The van der Waals surface area contributed by atoms with Crippen LogP contribution in [-0.2, 0) is 11.2 Å². The maximum Gasteiger partial charge on any atom is 0.254 e. The molecule has 1 aliphatic heterocycles. The zero-order valence-electron chi connectivity index (χ0n) is 15.9. The summed E-state index contributed by atoms with van der Waals surface area (Å²) in [7, 11) is 1.62. The fourth-order valence-corrected chi connectivity index (χ4v) is 3.72. The minimum absolute atomic E-state index is 0. The van der Waals surface area contributed by atoms with Crippen molar-refractivity contribution in [2.45, 2.75) is 6.42 Å². The van der Waals surface area contributed by atoms with Crippen molar-refractivity contribution >= 4 is 35.6 Å².